The van der Waals surface area contributed by atoms with Gasteiger partial charge in [0.15, 0.2) is 13.5 Å². The van der Waals surface area contributed by atoms with E-state index in [2.05, 4.69) is 6.07 Å². The van der Waals surface area contributed by atoms with Gasteiger partial charge in [-0.25, -0.2) is 9.46 Å². The first-order chi connectivity index (χ1) is 21.3. The smallest absolute Gasteiger partial charge is 0.348 e. The maximum atomic E-state index is 14.9. The number of carbonyl (C=O) groups excluding carboxylic acids is 1. The Morgan fingerprint density at radius 1 is 1.11 bits per heavy atom. The van der Waals surface area contributed by atoms with Crippen molar-refractivity contribution in [2.75, 3.05) is 26.5 Å². The molecule has 0 saturated carbocycles. The van der Waals surface area contributed by atoms with Crippen LogP contribution in [-0.4, -0.2) is 74.9 Å². The van der Waals surface area contributed by atoms with Crippen molar-refractivity contribution < 1.29 is 27.7 Å². The molecular weight excluding hydrogens is 638 g/mol. The Balaban J connectivity index is 2.30. The molecule has 1 aliphatic heterocycles. The van der Waals surface area contributed by atoms with Crippen molar-refractivity contribution in [1.82, 2.24) is 13.8 Å². The first kappa shape index (κ1) is 36.9. The molecule has 1 fully saturated rings. The molecule has 2 aromatic rings. The van der Waals surface area contributed by atoms with Gasteiger partial charge in [-0.15, -0.1) is 0 Å². The number of carbonyl (C=O) groups is 1. The van der Waals surface area contributed by atoms with Crippen LogP contribution in [0, 0.1) is 11.3 Å². The van der Waals surface area contributed by atoms with Crippen molar-refractivity contribution in [2.24, 2.45) is 0 Å². The first-order valence-electron chi connectivity index (χ1n) is 14.7. The van der Waals surface area contributed by atoms with E-state index in [-0.39, 0.29) is 29.8 Å². The Morgan fingerprint density at radius 2 is 1.73 bits per heavy atom. The summed E-state index contributed by atoms with van der Waals surface area (Å²) in [5.74, 6) is 1.05. The van der Waals surface area contributed by atoms with Crippen molar-refractivity contribution in [3.63, 3.8) is 0 Å². The Labute approximate surface area is 268 Å². The average molecular weight is 681 g/mol. The monoisotopic (exact) mass is 680 g/mol. The summed E-state index contributed by atoms with van der Waals surface area (Å²) in [6.07, 6.45) is 0.937. The highest BCUT2D eigenvalue weighted by atomic mass is 32.2. The molecule has 3 rings (SSSR count). The summed E-state index contributed by atoms with van der Waals surface area (Å²) < 4.78 is 48.3. The van der Waals surface area contributed by atoms with Gasteiger partial charge >= 0.3 is 13.3 Å². The van der Waals surface area contributed by atoms with Gasteiger partial charge in [0.2, 0.25) is 0 Å². The Morgan fingerprint density at radius 3 is 2.27 bits per heavy atom. The number of aromatic nitrogens is 2. The lowest BCUT2D eigenvalue weighted by Gasteiger charge is -2.43. The number of rotatable bonds is 14. The highest BCUT2D eigenvalue weighted by Crippen LogP contribution is 2.62. The normalized spacial score (nSPS) is 20.8. The van der Waals surface area contributed by atoms with E-state index in [1.807, 2.05) is 39.3 Å². The van der Waals surface area contributed by atoms with Crippen LogP contribution in [0.5, 0.6) is 0 Å². The van der Waals surface area contributed by atoms with Gasteiger partial charge < -0.3 is 18.3 Å². The summed E-state index contributed by atoms with van der Waals surface area (Å²) in [6, 6.07) is 10.6. The van der Waals surface area contributed by atoms with E-state index < -0.39 is 55.7 Å². The lowest BCUT2D eigenvalue weighted by atomic mass is 10.1. The predicted molar refractivity (Wildman–Crippen MR) is 176 cm³/mol. The summed E-state index contributed by atoms with van der Waals surface area (Å²) >= 11 is 1.46. The second-order valence-corrected chi connectivity index (χ2v) is 18.4. The molecule has 1 aromatic heterocycles. The quantitative estimate of drug-likeness (QED) is 0.236. The molecule has 1 aromatic carbocycles. The van der Waals surface area contributed by atoms with E-state index in [1.165, 1.54) is 60.8 Å². The van der Waals surface area contributed by atoms with Crippen LogP contribution in [0.1, 0.15) is 57.6 Å². The second-order valence-electron chi connectivity index (χ2n) is 10.9. The minimum atomic E-state index is -3.65. The minimum Gasteiger partial charge on any atom is -0.348 e. The molecule has 1 saturated heterocycles. The predicted octanol–water partition coefficient (Wildman–Crippen LogP) is 5.40. The third kappa shape index (κ3) is 7.71. The fourth-order valence-electron chi connectivity index (χ4n) is 5.61. The summed E-state index contributed by atoms with van der Waals surface area (Å²) in [7, 11) is -4.36. The van der Waals surface area contributed by atoms with Gasteiger partial charge in [0.05, 0.1) is 23.5 Å². The van der Waals surface area contributed by atoms with Gasteiger partial charge in [-0.05, 0) is 24.0 Å². The average Bonchev–Trinajstić information content (AvgIpc) is 3.37. The summed E-state index contributed by atoms with van der Waals surface area (Å²) in [5.41, 5.74) is -2.11. The highest BCUT2D eigenvalue weighted by molar-refractivity contribution is 8.00. The fourth-order valence-corrected chi connectivity index (χ4v) is 11.2. The topological polar surface area (TPSA) is 150 Å². The molecule has 0 amide bonds. The molecular formula is C30H42N4O8P2S. The standard InChI is InChI=1S/C30H42N4O8P2S/c1-8-45-27-26(33(18-12-17-31)44(39,21(2)3)22(4)5)24(16-20-43(38,40-6)41-7)42-29(27)32-19-15-25(35)34(30(32)37)28(36)23-13-10-9-11-14-23/h9-11,13-16,19-22,24,26-27,29H,8,12,18H2,1-7H3/b20-16+/t24-,26-,27-,29-/m1/s1. The SMILES string of the molecule is CCS[C@@H]1[C@H](N(CCC#N)P(=O)(C(C)C)C(C)C)[C@@H](/C=C/P(=O)(OC)OC)O[C@H]1n1ccc(=O)n(C(=O)c2ccccc2)c1=O. The molecule has 15 heteroatoms. The molecule has 12 nitrogen and oxygen atoms in total. The zero-order valence-corrected chi connectivity index (χ0v) is 29.2. The molecule has 1 aliphatic rings. The van der Waals surface area contributed by atoms with Gasteiger partial charge in [0.1, 0.15) is 0 Å². The summed E-state index contributed by atoms with van der Waals surface area (Å²) in [4.78, 5) is 40.1. The van der Waals surface area contributed by atoms with Gasteiger partial charge in [-0.2, -0.15) is 21.6 Å². The van der Waals surface area contributed by atoms with E-state index in [1.54, 1.807) is 18.2 Å². The molecule has 45 heavy (non-hydrogen) atoms. The second kappa shape index (κ2) is 15.8. The Bertz CT molecular complexity index is 1600. The molecule has 0 unspecified atom stereocenters. The number of hydrogen-bond donors (Lipinski definition) is 0. The van der Waals surface area contributed by atoms with Gasteiger partial charge in [0.25, 0.3) is 11.5 Å². The number of nitrogens with zero attached hydrogens (tertiary/aromatic N) is 4. The lowest BCUT2D eigenvalue weighted by molar-refractivity contribution is 0.0151. The molecule has 4 atom stereocenters. The minimum absolute atomic E-state index is 0.0790. The first-order valence-corrected chi connectivity index (χ1v) is 19.1. The highest BCUT2D eigenvalue weighted by Gasteiger charge is 2.53. The Kier molecular flexibility index (Phi) is 13.0. The van der Waals surface area contributed by atoms with Crippen LogP contribution in [0.4, 0.5) is 0 Å². The van der Waals surface area contributed by atoms with Gasteiger partial charge in [-0.3, -0.25) is 18.7 Å². The van der Waals surface area contributed by atoms with Gasteiger partial charge in [-0.1, -0.05) is 52.8 Å². The van der Waals surface area contributed by atoms with Crippen LogP contribution >= 0.6 is 26.7 Å². The number of ether oxygens (including phenoxy) is 1. The third-order valence-electron chi connectivity index (χ3n) is 7.76. The summed E-state index contributed by atoms with van der Waals surface area (Å²) in [6.45, 7) is 9.58. The largest absolute Gasteiger partial charge is 0.353 e. The van der Waals surface area contributed by atoms with Crippen molar-refractivity contribution >= 4 is 32.6 Å². The molecule has 0 N–H and O–H groups in total. The van der Waals surface area contributed by atoms with Crippen molar-refractivity contribution in [3.8, 4) is 6.07 Å². The zero-order valence-electron chi connectivity index (χ0n) is 26.6. The zero-order chi connectivity index (χ0) is 33.5. The molecule has 0 bridgehead atoms. The van der Waals surface area contributed by atoms with E-state index in [0.29, 0.717) is 10.3 Å². The van der Waals surface area contributed by atoms with Crippen LogP contribution in [0.25, 0.3) is 0 Å². The third-order valence-corrected chi connectivity index (χ3v) is 14.8. The molecule has 0 radical (unpaired) electrons. The van der Waals surface area contributed by atoms with Crippen LogP contribution < -0.4 is 11.2 Å². The van der Waals surface area contributed by atoms with E-state index in [9.17, 15) is 28.8 Å². The molecule has 0 spiro atoms. The molecule has 0 aliphatic carbocycles. The van der Waals surface area contributed by atoms with Crippen LogP contribution in [0.2, 0.25) is 0 Å². The molecule has 2 heterocycles. The van der Waals surface area contributed by atoms with Crippen molar-refractivity contribution in [2.45, 2.75) is 76.0 Å². The molecule has 246 valence electrons. The maximum Gasteiger partial charge on any atom is 0.353 e. The van der Waals surface area contributed by atoms with Crippen LogP contribution in [-0.2, 0) is 22.9 Å². The number of nitriles is 1. The van der Waals surface area contributed by atoms with E-state index in [4.69, 9.17) is 13.8 Å². The van der Waals surface area contributed by atoms with Crippen molar-refractivity contribution in [1.29, 1.82) is 5.26 Å². The van der Waals surface area contributed by atoms with Gasteiger partial charge in [0, 0.05) is 62.1 Å². The number of benzene rings is 1. The van der Waals surface area contributed by atoms with Crippen LogP contribution in [0.15, 0.2) is 64.1 Å². The van der Waals surface area contributed by atoms with Crippen LogP contribution in [0.3, 0.4) is 0 Å². The summed E-state index contributed by atoms with van der Waals surface area (Å²) in [5, 5.41) is 9.01. The Hall–Kier alpha value is -2.55. The lowest BCUT2D eigenvalue weighted by Crippen LogP contribution is -2.48. The maximum absolute atomic E-state index is 14.9. The number of thioether (sulfide) groups is 1. The fraction of sp³-hybridized carbons (Fsp3) is 0.533. The van der Waals surface area contributed by atoms with Crippen molar-refractivity contribution in [3.05, 3.63) is 80.9 Å². The van der Waals surface area contributed by atoms with E-state index in [0.717, 1.165) is 6.07 Å². The number of hydrogen-bond acceptors (Lipinski definition) is 10. The van der Waals surface area contributed by atoms with E-state index >= 15 is 0 Å².